The summed E-state index contributed by atoms with van der Waals surface area (Å²) in [6.45, 7) is 2.70. The average molecular weight is 310 g/mol. The van der Waals surface area contributed by atoms with Crippen molar-refractivity contribution in [2.75, 3.05) is 13.2 Å². The monoisotopic (exact) mass is 310 g/mol. The largest absolute Gasteiger partial charge is 0.466 e. The van der Waals surface area contributed by atoms with Gasteiger partial charge < -0.3 is 9.47 Å². The van der Waals surface area contributed by atoms with Gasteiger partial charge in [0, 0.05) is 6.42 Å². The van der Waals surface area contributed by atoms with Crippen molar-refractivity contribution in [1.82, 2.24) is 0 Å². The maximum atomic E-state index is 12.7. The van der Waals surface area contributed by atoms with Crippen LogP contribution in [0.15, 0.2) is 24.3 Å². The summed E-state index contributed by atoms with van der Waals surface area (Å²) in [5.41, 5.74) is 0.893. The predicted octanol–water partition coefficient (Wildman–Crippen LogP) is 3.43. The van der Waals surface area contributed by atoms with Crippen molar-refractivity contribution < 1.29 is 23.5 Å². The van der Waals surface area contributed by atoms with E-state index in [1.165, 1.54) is 12.1 Å². The number of unbranched alkanes of at least 4 members (excludes halogenated alkanes) is 2. The second-order valence-electron chi connectivity index (χ2n) is 5.02. The molecule has 4 nitrogen and oxygen atoms in total. The highest BCUT2D eigenvalue weighted by molar-refractivity contribution is 5.77. The second kappa shape index (κ2) is 10.8. The van der Waals surface area contributed by atoms with Gasteiger partial charge in [-0.1, -0.05) is 31.9 Å². The van der Waals surface area contributed by atoms with Crippen LogP contribution in [0.2, 0.25) is 0 Å². The third-order valence-electron chi connectivity index (χ3n) is 3.11. The Morgan fingerprint density at radius 3 is 2.14 bits per heavy atom. The van der Waals surface area contributed by atoms with Crippen LogP contribution in [0, 0.1) is 5.82 Å². The van der Waals surface area contributed by atoms with Crippen LogP contribution in [0.25, 0.3) is 0 Å². The minimum Gasteiger partial charge on any atom is -0.466 e. The molecule has 0 atom stereocenters. The summed E-state index contributed by atoms with van der Waals surface area (Å²) in [6, 6.07) is 6.03. The molecular weight excluding hydrogens is 287 g/mol. The first-order valence-electron chi connectivity index (χ1n) is 7.67. The van der Waals surface area contributed by atoms with E-state index < -0.39 is 5.97 Å². The van der Waals surface area contributed by atoms with Gasteiger partial charge in [-0.3, -0.25) is 9.59 Å². The molecule has 0 bridgehead atoms. The Morgan fingerprint density at radius 2 is 1.55 bits per heavy atom. The Morgan fingerprint density at radius 1 is 0.955 bits per heavy atom. The van der Waals surface area contributed by atoms with E-state index in [-0.39, 0.29) is 31.2 Å². The first-order valence-corrected chi connectivity index (χ1v) is 7.67. The van der Waals surface area contributed by atoms with Crippen LogP contribution in [0.5, 0.6) is 0 Å². The van der Waals surface area contributed by atoms with Crippen LogP contribution in [-0.2, 0) is 25.5 Å². The van der Waals surface area contributed by atoms with Crippen molar-refractivity contribution in [3.05, 3.63) is 35.6 Å². The highest BCUT2D eigenvalue weighted by atomic mass is 19.1. The number of carbonyl (C=O) groups is 2. The first kappa shape index (κ1) is 18.1. The van der Waals surface area contributed by atoms with Gasteiger partial charge in [-0.05, 0) is 24.1 Å². The summed E-state index contributed by atoms with van der Waals surface area (Å²) in [6.07, 6.45) is 3.53. The quantitative estimate of drug-likeness (QED) is 0.491. The SMILES string of the molecule is CCCCCOC(=O)CCC(=O)OCCc1ccc(F)cc1. The van der Waals surface area contributed by atoms with E-state index in [4.69, 9.17) is 9.47 Å². The minimum atomic E-state index is -0.424. The third-order valence-corrected chi connectivity index (χ3v) is 3.11. The van der Waals surface area contributed by atoms with Crippen LogP contribution < -0.4 is 0 Å². The molecule has 0 spiro atoms. The van der Waals surface area contributed by atoms with Gasteiger partial charge in [-0.15, -0.1) is 0 Å². The summed E-state index contributed by atoms with van der Waals surface area (Å²) >= 11 is 0. The van der Waals surface area contributed by atoms with E-state index in [1.807, 2.05) is 0 Å². The minimum absolute atomic E-state index is 0.0238. The lowest BCUT2D eigenvalue weighted by atomic mass is 10.2. The highest BCUT2D eigenvalue weighted by Crippen LogP contribution is 2.04. The lowest BCUT2D eigenvalue weighted by Crippen LogP contribution is -2.12. The zero-order valence-electron chi connectivity index (χ0n) is 13.0. The third kappa shape index (κ3) is 8.39. The van der Waals surface area contributed by atoms with E-state index in [9.17, 15) is 14.0 Å². The maximum absolute atomic E-state index is 12.7. The standard InChI is InChI=1S/C17H23FO4/c1-2-3-4-12-21-16(19)9-10-17(20)22-13-11-14-5-7-15(18)8-6-14/h5-8H,2-4,9-13H2,1H3. The molecule has 5 heteroatoms. The zero-order chi connectivity index (χ0) is 16.2. The number of hydrogen-bond donors (Lipinski definition) is 0. The molecule has 0 saturated heterocycles. The molecule has 0 aliphatic carbocycles. The molecule has 0 amide bonds. The van der Waals surface area contributed by atoms with Crippen LogP contribution in [-0.4, -0.2) is 25.2 Å². The number of benzene rings is 1. The number of hydrogen-bond acceptors (Lipinski definition) is 4. The molecule has 0 heterocycles. The van der Waals surface area contributed by atoms with Gasteiger partial charge in [-0.25, -0.2) is 4.39 Å². The molecule has 1 aromatic carbocycles. The fourth-order valence-corrected chi connectivity index (χ4v) is 1.82. The molecule has 1 aromatic rings. The fraction of sp³-hybridized carbons (Fsp3) is 0.529. The zero-order valence-corrected chi connectivity index (χ0v) is 13.0. The summed E-state index contributed by atoms with van der Waals surface area (Å²) in [5.74, 6) is -1.09. The summed E-state index contributed by atoms with van der Waals surface area (Å²) in [5, 5.41) is 0. The van der Waals surface area contributed by atoms with E-state index in [0.717, 1.165) is 24.8 Å². The Hall–Kier alpha value is -1.91. The number of ether oxygens (including phenoxy) is 2. The van der Waals surface area contributed by atoms with Crippen molar-refractivity contribution in [2.45, 2.75) is 45.4 Å². The average Bonchev–Trinajstić information content (AvgIpc) is 2.51. The number of carbonyl (C=O) groups excluding carboxylic acids is 2. The first-order chi connectivity index (χ1) is 10.6. The number of esters is 2. The maximum Gasteiger partial charge on any atom is 0.306 e. The van der Waals surface area contributed by atoms with Crippen molar-refractivity contribution >= 4 is 11.9 Å². The van der Waals surface area contributed by atoms with Gasteiger partial charge in [-0.2, -0.15) is 0 Å². The smallest absolute Gasteiger partial charge is 0.306 e. The Balaban J connectivity index is 2.08. The molecule has 1 rings (SSSR count). The van der Waals surface area contributed by atoms with E-state index >= 15 is 0 Å². The van der Waals surface area contributed by atoms with Crippen molar-refractivity contribution in [3.8, 4) is 0 Å². The van der Waals surface area contributed by atoms with Gasteiger partial charge in [0.2, 0.25) is 0 Å². The molecule has 0 aromatic heterocycles. The highest BCUT2D eigenvalue weighted by Gasteiger charge is 2.09. The molecule has 0 unspecified atom stereocenters. The molecule has 22 heavy (non-hydrogen) atoms. The fourth-order valence-electron chi connectivity index (χ4n) is 1.82. The van der Waals surface area contributed by atoms with E-state index in [2.05, 4.69) is 6.92 Å². The molecular formula is C17H23FO4. The molecule has 122 valence electrons. The molecule has 0 saturated carbocycles. The van der Waals surface area contributed by atoms with Crippen LogP contribution in [0.4, 0.5) is 4.39 Å². The summed E-state index contributed by atoms with van der Waals surface area (Å²) in [4.78, 5) is 22.9. The lowest BCUT2D eigenvalue weighted by Gasteiger charge is -2.06. The second-order valence-corrected chi connectivity index (χ2v) is 5.02. The van der Waals surface area contributed by atoms with Gasteiger partial charge in [0.25, 0.3) is 0 Å². The van der Waals surface area contributed by atoms with E-state index in [0.29, 0.717) is 13.0 Å². The lowest BCUT2D eigenvalue weighted by molar-refractivity contribution is -0.150. The van der Waals surface area contributed by atoms with E-state index in [1.54, 1.807) is 12.1 Å². The predicted molar refractivity (Wildman–Crippen MR) is 80.8 cm³/mol. The van der Waals surface area contributed by atoms with Gasteiger partial charge in [0.1, 0.15) is 5.82 Å². The van der Waals surface area contributed by atoms with Crippen LogP contribution in [0.1, 0.15) is 44.6 Å². The topological polar surface area (TPSA) is 52.6 Å². The molecule has 0 aliphatic heterocycles. The van der Waals surface area contributed by atoms with Crippen LogP contribution in [0.3, 0.4) is 0 Å². The molecule has 0 fully saturated rings. The van der Waals surface area contributed by atoms with Gasteiger partial charge in [0.15, 0.2) is 0 Å². The molecule has 0 aliphatic rings. The summed E-state index contributed by atoms with van der Waals surface area (Å²) < 4.78 is 22.7. The number of rotatable bonds is 10. The summed E-state index contributed by atoms with van der Waals surface area (Å²) in [7, 11) is 0. The Labute approximate surface area is 130 Å². The van der Waals surface area contributed by atoms with Crippen LogP contribution >= 0.6 is 0 Å². The van der Waals surface area contributed by atoms with Crippen molar-refractivity contribution in [1.29, 1.82) is 0 Å². The normalized spacial score (nSPS) is 10.3. The number of halogens is 1. The molecule has 0 N–H and O–H groups in total. The Kier molecular flexibility index (Phi) is 8.88. The molecule has 0 radical (unpaired) electrons. The van der Waals surface area contributed by atoms with Crippen molar-refractivity contribution in [3.63, 3.8) is 0 Å². The van der Waals surface area contributed by atoms with Gasteiger partial charge >= 0.3 is 11.9 Å². The van der Waals surface area contributed by atoms with Gasteiger partial charge in [0.05, 0.1) is 26.1 Å². The Bertz CT molecular complexity index is 456. The van der Waals surface area contributed by atoms with Crippen molar-refractivity contribution in [2.24, 2.45) is 0 Å².